The van der Waals surface area contributed by atoms with Crippen molar-refractivity contribution >= 4 is 23.2 Å². The summed E-state index contributed by atoms with van der Waals surface area (Å²) < 4.78 is 23.3. The molecule has 1 aromatic heterocycles. The number of methoxy groups -OCH3 is 1. The highest BCUT2D eigenvalue weighted by atomic mass is 35.5. The molecule has 0 spiro atoms. The van der Waals surface area contributed by atoms with Gasteiger partial charge in [-0.15, -0.1) is 0 Å². The molecule has 5 nitrogen and oxygen atoms in total. The number of nitrogens with zero attached hydrogens (tertiary/aromatic N) is 1. The summed E-state index contributed by atoms with van der Waals surface area (Å²) in [6.07, 6.45) is 1.47. The van der Waals surface area contributed by atoms with Crippen LogP contribution in [-0.4, -0.2) is 31.2 Å². The van der Waals surface area contributed by atoms with E-state index >= 15 is 0 Å². The van der Waals surface area contributed by atoms with Crippen LogP contribution in [0.5, 0.6) is 5.88 Å². The van der Waals surface area contributed by atoms with Gasteiger partial charge in [-0.3, -0.25) is 4.79 Å². The Hall–Kier alpha value is -2.18. The second-order valence-electron chi connectivity index (χ2n) is 4.31. The molecule has 1 heterocycles. The topological polar surface area (TPSA) is 60.5 Å². The lowest BCUT2D eigenvalue weighted by molar-refractivity contribution is 0.102. The van der Waals surface area contributed by atoms with E-state index in [1.807, 2.05) is 0 Å². The number of halogens is 2. The zero-order chi connectivity index (χ0) is 15.9. The number of rotatable bonds is 6. The number of carbonyl (C=O) groups excluding carboxylic acids is 1. The van der Waals surface area contributed by atoms with E-state index in [0.29, 0.717) is 30.3 Å². The van der Waals surface area contributed by atoms with Gasteiger partial charge >= 0.3 is 0 Å². The SMILES string of the molecule is COCCOc1cc(C(=O)Nc2ccc(F)c(Cl)c2)ccn1. The van der Waals surface area contributed by atoms with Crippen molar-refractivity contribution in [2.75, 3.05) is 25.6 Å². The van der Waals surface area contributed by atoms with Gasteiger partial charge in [0, 0.05) is 30.6 Å². The van der Waals surface area contributed by atoms with Crippen LogP contribution in [0.4, 0.5) is 10.1 Å². The van der Waals surface area contributed by atoms with E-state index in [2.05, 4.69) is 10.3 Å². The fourth-order valence-electron chi connectivity index (χ4n) is 1.64. The highest BCUT2D eigenvalue weighted by Gasteiger charge is 2.09. The zero-order valence-corrected chi connectivity index (χ0v) is 12.6. The van der Waals surface area contributed by atoms with Crippen LogP contribution in [0.3, 0.4) is 0 Å². The van der Waals surface area contributed by atoms with Crippen LogP contribution in [-0.2, 0) is 4.74 Å². The molecule has 0 radical (unpaired) electrons. The van der Waals surface area contributed by atoms with Gasteiger partial charge in [-0.1, -0.05) is 11.6 Å². The summed E-state index contributed by atoms with van der Waals surface area (Å²) in [5, 5.41) is 2.56. The third-order valence-corrected chi connectivity index (χ3v) is 3.00. The van der Waals surface area contributed by atoms with Gasteiger partial charge < -0.3 is 14.8 Å². The molecule has 116 valence electrons. The van der Waals surface area contributed by atoms with Crippen LogP contribution in [0, 0.1) is 5.82 Å². The van der Waals surface area contributed by atoms with Crippen molar-refractivity contribution in [3.63, 3.8) is 0 Å². The molecule has 22 heavy (non-hydrogen) atoms. The normalized spacial score (nSPS) is 10.3. The molecule has 0 saturated carbocycles. The quantitative estimate of drug-likeness (QED) is 0.829. The first-order chi connectivity index (χ1) is 10.6. The third kappa shape index (κ3) is 4.41. The van der Waals surface area contributed by atoms with Crippen LogP contribution in [0.25, 0.3) is 0 Å². The molecule has 7 heteroatoms. The van der Waals surface area contributed by atoms with Gasteiger partial charge in [-0.05, 0) is 24.3 Å². The van der Waals surface area contributed by atoms with Gasteiger partial charge in [-0.2, -0.15) is 0 Å². The molecule has 1 amide bonds. The Morgan fingerprint density at radius 2 is 2.14 bits per heavy atom. The fraction of sp³-hybridized carbons (Fsp3) is 0.200. The summed E-state index contributed by atoms with van der Waals surface area (Å²) in [6, 6.07) is 7.01. The number of carbonyl (C=O) groups is 1. The van der Waals surface area contributed by atoms with Gasteiger partial charge in [0.25, 0.3) is 5.91 Å². The molecule has 2 rings (SSSR count). The van der Waals surface area contributed by atoms with Crippen LogP contribution in [0.15, 0.2) is 36.5 Å². The number of nitrogens with one attached hydrogen (secondary N) is 1. The van der Waals surface area contributed by atoms with Gasteiger partial charge in [-0.25, -0.2) is 9.37 Å². The molecule has 1 aromatic carbocycles. The Balaban J connectivity index is 2.05. The molecule has 0 fully saturated rings. The summed E-state index contributed by atoms with van der Waals surface area (Å²) in [5.41, 5.74) is 0.762. The number of hydrogen-bond donors (Lipinski definition) is 1. The molecule has 0 aliphatic carbocycles. The Morgan fingerprint density at radius 1 is 1.32 bits per heavy atom. The van der Waals surface area contributed by atoms with Crippen molar-refractivity contribution in [1.82, 2.24) is 4.98 Å². The maximum Gasteiger partial charge on any atom is 0.255 e. The second-order valence-corrected chi connectivity index (χ2v) is 4.71. The van der Waals surface area contributed by atoms with Crippen molar-refractivity contribution < 1.29 is 18.7 Å². The number of benzene rings is 1. The number of aromatic nitrogens is 1. The lowest BCUT2D eigenvalue weighted by atomic mass is 10.2. The number of pyridine rings is 1. The number of ether oxygens (including phenoxy) is 2. The predicted molar refractivity (Wildman–Crippen MR) is 81.0 cm³/mol. The molecule has 0 aliphatic heterocycles. The van der Waals surface area contributed by atoms with Gasteiger partial charge in [0.1, 0.15) is 12.4 Å². The lowest BCUT2D eigenvalue weighted by Gasteiger charge is -2.08. The first kappa shape index (κ1) is 16.2. The highest BCUT2D eigenvalue weighted by molar-refractivity contribution is 6.31. The first-order valence-corrected chi connectivity index (χ1v) is 6.82. The molecule has 0 saturated heterocycles. The maximum absolute atomic E-state index is 13.1. The average Bonchev–Trinajstić information content (AvgIpc) is 2.51. The van der Waals surface area contributed by atoms with Crippen molar-refractivity contribution in [2.24, 2.45) is 0 Å². The molecule has 0 unspecified atom stereocenters. The van der Waals surface area contributed by atoms with Crippen LogP contribution in [0.1, 0.15) is 10.4 Å². The number of amides is 1. The van der Waals surface area contributed by atoms with Gasteiger partial charge in [0.2, 0.25) is 5.88 Å². The first-order valence-electron chi connectivity index (χ1n) is 6.44. The standard InChI is InChI=1S/C15H14ClFN2O3/c1-21-6-7-22-14-8-10(4-5-18-14)15(20)19-11-2-3-13(17)12(16)9-11/h2-5,8-9H,6-7H2,1H3,(H,19,20). The minimum atomic E-state index is -0.544. The van der Waals surface area contributed by atoms with Crippen molar-refractivity contribution in [3.8, 4) is 5.88 Å². The molecule has 0 aliphatic rings. The summed E-state index contributed by atoms with van der Waals surface area (Å²) >= 11 is 5.67. The van der Waals surface area contributed by atoms with Crippen molar-refractivity contribution in [3.05, 3.63) is 52.9 Å². The summed E-state index contributed by atoms with van der Waals surface area (Å²) in [7, 11) is 1.56. The summed E-state index contributed by atoms with van der Waals surface area (Å²) in [5.74, 6) is -0.596. The number of anilines is 1. The zero-order valence-electron chi connectivity index (χ0n) is 11.8. The minimum Gasteiger partial charge on any atom is -0.475 e. The van der Waals surface area contributed by atoms with E-state index in [-0.39, 0.29) is 10.9 Å². The minimum absolute atomic E-state index is 0.0592. The van der Waals surface area contributed by atoms with Crippen molar-refractivity contribution in [1.29, 1.82) is 0 Å². The lowest BCUT2D eigenvalue weighted by Crippen LogP contribution is -2.13. The Bertz CT molecular complexity index is 667. The van der Waals surface area contributed by atoms with Gasteiger partial charge in [0.05, 0.1) is 11.6 Å². The average molecular weight is 325 g/mol. The highest BCUT2D eigenvalue weighted by Crippen LogP contribution is 2.20. The van der Waals surface area contributed by atoms with E-state index in [1.165, 1.54) is 30.5 Å². The maximum atomic E-state index is 13.1. The molecule has 1 N–H and O–H groups in total. The smallest absolute Gasteiger partial charge is 0.255 e. The monoisotopic (exact) mass is 324 g/mol. The Labute approximate surface area is 132 Å². The van der Waals surface area contributed by atoms with Crippen LogP contribution < -0.4 is 10.1 Å². The molecular weight excluding hydrogens is 311 g/mol. The van der Waals surface area contributed by atoms with Gasteiger partial charge in [0.15, 0.2) is 0 Å². The number of hydrogen-bond acceptors (Lipinski definition) is 4. The third-order valence-electron chi connectivity index (χ3n) is 2.71. The molecule has 0 bridgehead atoms. The van der Waals surface area contributed by atoms with E-state index < -0.39 is 5.82 Å². The molecular formula is C15H14ClFN2O3. The molecule has 0 atom stereocenters. The fourth-order valence-corrected chi connectivity index (χ4v) is 1.82. The predicted octanol–water partition coefficient (Wildman–Crippen LogP) is 3.15. The van der Waals surface area contributed by atoms with Crippen molar-refractivity contribution in [2.45, 2.75) is 0 Å². The van der Waals surface area contributed by atoms with E-state index in [4.69, 9.17) is 21.1 Å². The van der Waals surface area contributed by atoms with E-state index in [9.17, 15) is 9.18 Å². The largest absolute Gasteiger partial charge is 0.475 e. The summed E-state index contributed by atoms with van der Waals surface area (Å²) in [4.78, 5) is 16.1. The van der Waals surface area contributed by atoms with Crippen LogP contribution in [0.2, 0.25) is 5.02 Å². The summed E-state index contributed by atoms with van der Waals surface area (Å²) in [6.45, 7) is 0.758. The Morgan fingerprint density at radius 3 is 2.86 bits per heavy atom. The van der Waals surface area contributed by atoms with E-state index in [1.54, 1.807) is 13.2 Å². The van der Waals surface area contributed by atoms with E-state index in [0.717, 1.165) is 0 Å². The second kappa shape index (κ2) is 7.72. The molecule has 2 aromatic rings. The van der Waals surface area contributed by atoms with Crippen LogP contribution >= 0.6 is 11.6 Å². The Kier molecular flexibility index (Phi) is 5.68.